The maximum Gasteiger partial charge on any atom is 0.146 e. The van der Waals surface area contributed by atoms with Gasteiger partial charge in [-0.1, -0.05) is 0 Å². The molecule has 21 heavy (non-hydrogen) atoms. The quantitative estimate of drug-likeness (QED) is 0.765. The van der Waals surface area contributed by atoms with Gasteiger partial charge < -0.3 is 5.32 Å². The Labute approximate surface area is 132 Å². The van der Waals surface area contributed by atoms with Crippen LogP contribution in [0.2, 0.25) is 0 Å². The molecule has 2 heterocycles. The number of benzene rings is 1. The summed E-state index contributed by atoms with van der Waals surface area (Å²) in [5.74, 6) is -0.306. The van der Waals surface area contributed by atoms with Gasteiger partial charge in [-0.3, -0.25) is 0 Å². The van der Waals surface area contributed by atoms with Crippen molar-refractivity contribution in [3.63, 3.8) is 0 Å². The van der Waals surface area contributed by atoms with E-state index in [4.69, 9.17) is 0 Å². The van der Waals surface area contributed by atoms with Crippen molar-refractivity contribution in [1.29, 1.82) is 0 Å². The van der Waals surface area contributed by atoms with Crippen LogP contribution in [0.3, 0.4) is 0 Å². The standard InChI is InChI=1S/C13H11BrFN5S/c1-8-11(14)5-10(21-8)6-16-13-4-9(2-3-12(13)15)20-7-17-18-19-20/h2-5,7,16H,6H2,1H3. The maximum absolute atomic E-state index is 13.9. The molecule has 0 atom stereocenters. The Balaban J connectivity index is 1.80. The van der Waals surface area contributed by atoms with Crippen molar-refractivity contribution < 1.29 is 4.39 Å². The van der Waals surface area contributed by atoms with Gasteiger partial charge >= 0.3 is 0 Å². The van der Waals surface area contributed by atoms with Crippen LogP contribution in [0, 0.1) is 12.7 Å². The van der Waals surface area contributed by atoms with Gasteiger partial charge in [0.25, 0.3) is 0 Å². The first kappa shape index (κ1) is 14.2. The lowest BCUT2D eigenvalue weighted by Crippen LogP contribution is -2.02. The number of aryl methyl sites for hydroxylation is 1. The van der Waals surface area contributed by atoms with Crippen LogP contribution in [0.4, 0.5) is 10.1 Å². The number of nitrogens with one attached hydrogen (secondary N) is 1. The minimum Gasteiger partial charge on any atom is -0.378 e. The average Bonchev–Trinajstić information content (AvgIpc) is 3.09. The zero-order valence-corrected chi connectivity index (χ0v) is 13.4. The second kappa shape index (κ2) is 5.90. The number of tetrazole rings is 1. The largest absolute Gasteiger partial charge is 0.378 e. The highest BCUT2D eigenvalue weighted by Crippen LogP contribution is 2.27. The van der Waals surface area contributed by atoms with Crippen molar-refractivity contribution in [1.82, 2.24) is 20.2 Å². The number of hydrogen-bond acceptors (Lipinski definition) is 5. The molecule has 3 aromatic rings. The summed E-state index contributed by atoms with van der Waals surface area (Å²) < 4.78 is 16.4. The highest BCUT2D eigenvalue weighted by atomic mass is 79.9. The van der Waals surface area contributed by atoms with Gasteiger partial charge in [-0.2, -0.15) is 0 Å². The number of rotatable bonds is 4. The van der Waals surface area contributed by atoms with Crippen LogP contribution in [0.15, 0.2) is 35.1 Å². The molecule has 2 aromatic heterocycles. The topological polar surface area (TPSA) is 55.6 Å². The van der Waals surface area contributed by atoms with E-state index in [1.807, 2.05) is 13.0 Å². The van der Waals surface area contributed by atoms with E-state index >= 15 is 0 Å². The third-order valence-electron chi connectivity index (χ3n) is 2.92. The van der Waals surface area contributed by atoms with E-state index in [0.29, 0.717) is 17.9 Å². The molecule has 3 rings (SSSR count). The molecule has 0 amide bonds. The molecule has 1 N–H and O–H groups in total. The summed E-state index contributed by atoms with van der Waals surface area (Å²) in [5, 5.41) is 14.0. The highest BCUT2D eigenvalue weighted by molar-refractivity contribution is 9.10. The van der Waals surface area contributed by atoms with Crippen molar-refractivity contribution in [2.45, 2.75) is 13.5 Å². The molecule has 0 saturated carbocycles. The molecule has 0 aliphatic carbocycles. The molecule has 0 fully saturated rings. The molecule has 0 radical (unpaired) electrons. The number of anilines is 1. The summed E-state index contributed by atoms with van der Waals surface area (Å²) in [7, 11) is 0. The Morgan fingerprint density at radius 3 is 2.90 bits per heavy atom. The van der Waals surface area contributed by atoms with Crippen LogP contribution in [0.25, 0.3) is 5.69 Å². The zero-order chi connectivity index (χ0) is 14.8. The SMILES string of the molecule is Cc1sc(CNc2cc(-n3cnnn3)ccc2F)cc1Br. The van der Waals surface area contributed by atoms with Gasteiger partial charge in [-0.25, -0.2) is 9.07 Å². The minimum absolute atomic E-state index is 0.306. The summed E-state index contributed by atoms with van der Waals surface area (Å²) in [6.07, 6.45) is 1.47. The molecule has 0 bridgehead atoms. The van der Waals surface area contributed by atoms with Crippen molar-refractivity contribution in [2.75, 3.05) is 5.32 Å². The van der Waals surface area contributed by atoms with Gasteiger partial charge in [0.05, 0.1) is 11.4 Å². The Morgan fingerprint density at radius 1 is 1.38 bits per heavy atom. The smallest absolute Gasteiger partial charge is 0.146 e. The predicted octanol–water partition coefficient (Wildman–Crippen LogP) is 3.55. The van der Waals surface area contributed by atoms with Crippen LogP contribution in [0.5, 0.6) is 0 Å². The van der Waals surface area contributed by atoms with E-state index < -0.39 is 0 Å². The van der Waals surface area contributed by atoms with E-state index in [1.165, 1.54) is 22.0 Å². The third kappa shape index (κ3) is 3.11. The van der Waals surface area contributed by atoms with Crippen LogP contribution >= 0.6 is 27.3 Å². The first-order valence-electron chi connectivity index (χ1n) is 6.15. The molecule has 0 saturated heterocycles. The minimum atomic E-state index is -0.306. The predicted molar refractivity (Wildman–Crippen MR) is 83.2 cm³/mol. The lowest BCUT2D eigenvalue weighted by Gasteiger charge is -2.08. The van der Waals surface area contributed by atoms with Crippen molar-refractivity contribution >= 4 is 33.0 Å². The van der Waals surface area contributed by atoms with Gasteiger partial charge in [-0.05, 0) is 57.5 Å². The molecule has 5 nitrogen and oxygen atoms in total. The van der Waals surface area contributed by atoms with Gasteiger partial charge in [0.15, 0.2) is 0 Å². The van der Waals surface area contributed by atoms with E-state index in [2.05, 4.69) is 36.8 Å². The van der Waals surface area contributed by atoms with E-state index in [0.717, 1.165) is 9.35 Å². The third-order valence-corrected chi connectivity index (χ3v) is 5.06. The molecular weight excluding hydrogens is 357 g/mol. The van der Waals surface area contributed by atoms with E-state index in [9.17, 15) is 4.39 Å². The summed E-state index contributed by atoms with van der Waals surface area (Å²) in [6, 6.07) is 6.75. The molecule has 1 aromatic carbocycles. The Kier molecular flexibility index (Phi) is 3.98. The normalized spacial score (nSPS) is 10.8. The molecule has 0 aliphatic rings. The number of aromatic nitrogens is 4. The fourth-order valence-electron chi connectivity index (χ4n) is 1.86. The first-order chi connectivity index (χ1) is 10.1. The maximum atomic E-state index is 13.9. The summed E-state index contributed by atoms with van der Waals surface area (Å²) in [5.41, 5.74) is 1.12. The zero-order valence-electron chi connectivity index (χ0n) is 11.0. The van der Waals surface area contributed by atoms with Crippen LogP contribution < -0.4 is 5.32 Å². The van der Waals surface area contributed by atoms with Crippen LogP contribution in [-0.4, -0.2) is 20.2 Å². The second-order valence-electron chi connectivity index (χ2n) is 4.39. The number of thiophene rings is 1. The molecular formula is C13H11BrFN5S. The molecule has 0 unspecified atom stereocenters. The molecule has 108 valence electrons. The fourth-order valence-corrected chi connectivity index (χ4v) is 3.40. The highest BCUT2D eigenvalue weighted by Gasteiger charge is 2.07. The van der Waals surface area contributed by atoms with Crippen molar-refractivity contribution in [3.8, 4) is 5.69 Å². The average molecular weight is 368 g/mol. The fraction of sp³-hybridized carbons (Fsp3) is 0.154. The van der Waals surface area contributed by atoms with Gasteiger partial charge in [-0.15, -0.1) is 16.4 Å². The Bertz CT molecular complexity index is 737. The molecule has 0 spiro atoms. The summed E-state index contributed by atoms with van der Waals surface area (Å²) >= 11 is 5.15. The number of hydrogen-bond donors (Lipinski definition) is 1. The summed E-state index contributed by atoms with van der Waals surface area (Å²) in [4.78, 5) is 2.33. The molecule has 0 aliphatic heterocycles. The lowest BCUT2D eigenvalue weighted by molar-refractivity contribution is 0.629. The summed E-state index contributed by atoms with van der Waals surface area (Å²) in [6.45, 7) is 2.60. The number of halogens is 2. The number of nitrogens with zero attached hydrogens (tertiary/aromatic N) is 4. The van der Waals surface area contributed by atoms with E-state index in [1.54, 1.807) is 23.5 Å². The lowest BCUT2D eigenvalue weighted by atomic mass is 10.2. The van der Waals surface area contributed by atoms with Gasteiger partial charge in [0, 0.05) is 20.8 Å². The van der Waals surface area contributed by atoms with E-state index in [-0.39, 0.29) is 5.82 Å². The van der Waals surface area contributed by atoms with Crippen molar-refractivity contribution in [2.24, 2.45) is 0 Å². The second-order valence-corrected chi connectivity index (χ2v) is 6.58. The van der Waals surface area contributed by atoms with Crippen LogP contribution in [-0.2, 0) is 6.54 Å². The van der Waals surface area contributed by atoms with Crippen LogP contribution in [0.1, 0.15) is 9.75 Å². The van der Waals surface area contributed by atoms with Gasteiger partial charge in [0.2, 0.25) is 0 Å². The van der Waals surface area contributed by atoms with Gasteiger partial charge in [0.1, 0.15) is 12.1 Å². The first-order valence-corrected chi connectivity index (χ1v) is 7.76. The monoisotopic (exact) mass is 367 g/mol. The van der Waals surface area contributed by atoms with Crippen molar-refractivity contribution in [3.05, 3.63) is 50.6 Å². The molecule has 8 heteroatoms. The Morgan fingerprint density at radius 2 is 2.24 bits per heavy atom. The Hall–Kier alpha value is -1.80.